The molecule has 74 valence electrons. The highest BCUT2D eigenvalue weighted by Gasteiger charge is 2.34. The summed E-state index contributed by atoms with van der Waals surface area (Å²) in [5.74, 6) is 2.84. The van der Waals surface area contributed by atoms with E-state index in [-0.39, 0.29) is 14.4 Å². The van der Waals surface area contributed by atoms with E-state index in [2.05, 4.69) is 12.2 Å². The van der Waals surface area contributed by atoms with Crippen molar-refractivity contribution >= 4 is 32.7 Å². The predicted molar refractivity (Wildman–Crippen MR) is 62.5 cm³/mol. The lowest BCUT2D eigenvalue weighted by Gasteiger charge is -2.17. The zero-order valence-electron chi connectivity index (χ0n) is 7.76. The van der Waals surface area contributed by atoms with Gasteiger partial charge in [0.15, 0.2) is 0 Å². The number of allylic oxidation sites excluding steroid dienone is 2. The zero-order chi connectivity index (χ0) is 9.26. The normalized spacial score (nSPS) is 37.3. The average molecular weight is 235 g/mol. The molecule has 0 aromatic rings. The van der Waals surface area contributed by atoms with Gasteiger partial charge in [0.25, 0.3) is 0 Å². The largest absolute Gasteiger partial charge is 0.106 e. The van der Waals surface area contributed by atoms with Crippen LogP contribution in [0.5, 0.6) is 0 Å². The van der Waals surface area contributed by atoms with Crippen LogP contribution in [0.1, 0.15) is 12.8 Å². The molecule has 0 amide bonds. The van der Waals surface area contributed by atoms with Crippen LogP contribution in [-0.4, -0.2) is 14.4 Å². The molecule has 3 heteroatoms. The molecule has 13 heavy (non-hydrogen) atoms. The maximum Gasteiger partial charge on any atom is 0.105 e. The summed E-state index contributed by atoms with van der Waals surface area (Å²) in [5, 5.41) is 0. The Labute approximate surface area is 92.5 Å². The van der Waals surface area contributed by atoms with Crippen LogP contribution in [0.4, 0.5) is 0 Å². The SMILES string of the molecule is ClC(Cl)C[SiH2]CC1CC2C=CC1C2. The number of hydrogen-bond donors (Lipinski definition) is 0. The Kier molecular flexibility index (Phi) is 3.39. The van der Waals surface area contributed by atoms with Gasteiger partial charge in [-0.15, -0.1) is 23.2 Å². The van der Waals surface area contributed by atoms with Crippen LogP contribution < -0.4 is 0 Å². The fraction of sp³-hybridized carbons (Fsp3) is 0.800. The van der Waals surface area contributed by atoms with Crippen molar-refractivity contribution in [3.05, 3.63) is 12.2 Å². The third-order valence-corrected chi connectivity index (χ3v) is 6.72. The van der Waals surface area contributed by atoms with Gasteiger partial charge in [0, 0.05) is 9.52 Å². The van der Waals surface area contributed by atoms with Crippen LogP contribution in [-0.2, 0) is 0 Å². The first kappa shape index (κ1) is 10.1. The number of fused-ring (bicyclic) bond motifs is 2. The Hall–Kier alpha value is 0.537. The van der Waals surface area contributed by atoms with E-state index in [4.69, 9.17) is 23.2 Å². The predicted octanol–water partition coefficient (Wildman–Crippen LogP) is 3.01. The van der Waals surface area contributed by atoms with Crippen molar-refractivity contribution in [1.82, 2.24) is 0 Å². The second kappa shape index (κ2) is 4.37. The van der Waals surface area contributed by atoms with Crippen molar-refractivity contribution in [3.8, 4) is 0 Å². The topological polar surface area (TPSA) is 0 Å². The summed E-state index contributed by atoms with van der Waals surface area (Å²) in [6, 6.07) is 2.56. The molecular formula is C10H16Cl2Si. The summed E-state index contributed by atoms with van der Waals surface area (Å²) in [7, 11) is 0.0161. The van der Waals surface area contributed by atoms with Crippen molar-refractivity contribution in [1.29, 1.82) is 0 Å². The Morgan fingerprint density at radius 3 is 2.69 bits per heavy atom. The molecule has 0 radical (unpaired) electrons. The van der Waals surface area contributed by atoms with E-state index in [1.54, 1.807) is 0 Å². The number of halogens is 2. The highest BCUT2D eigenvalue weighted by atomic mass is 35.5. The van der Waals surface area contributed by atoms with E-state index >= 15 is 0 Å². The van der Waals surface area contributed by atoms with Gasteiger partial charge in [-0.2, -0.15) is 0 Å². The van der Waals surface area contributed by atoms with Crippen molar-refractivity contribution in [3.63, 3.8) is 0 Å². The molecule has 0 spiro atoms. The number of alkyl halides is 2. The smallest absolute Gasteiger partial charge is 0.105 e. The quantitative estimate of drug-likeness (QED) is 0.399. The van der Waals surface area contributed by atoms with E-state index in [0.29, 0.717) is 0 Å². The summed E-state index contributed by atoms with van der Waals surface area (Å²) >= 11 is 11.5. The molecule has 3 atom stereocenters. The summed E-state index contributed by atoms with van der Waals surface area (Å²) in [6.07, 6.45) is 7.73. The van der Waals surface area contributed by atoms with Crippen molar-refractivity contribution in [2.75, 3.05) is 0 Å². The standard InChI is InChI=1S/C10H16Cl2Si/c11-10(12)6-13-5-9-4-7-1-2-8(9)3-7/h1-2,7-10H,3-6,13H2. The summed E-state index contributed by atoms with van der Waals surface area (Å²) < 4.78 is 0. The van der Waals surface area contributed by atoms with Crippen LogP contribution >= 0.6 is 23.2 Å². The van der Waals surface area contributed by atoms with E-state index in [1.165, 1.54) is 18.9 Å². The molecule has 3 unspecified atom stereocenters. The van der Waals surface area contributed by atoms with Gasteiger partial charge in [-0.1, -0.05) is 18.2 Å². The first-order chi connectivity index (χ1) is 6.25. The van der Waals surface area contributed by atoms with Gasteiger partial charge >= 0.3 is 0 Å². The summed E-state index contributed by atoms with van der Waals surface area (Å²) in [5.41, 5.74) is 0. The van der Waals surface area contributed by atoms with Gasteiger partial charge in [0.2, 0.25) is 0 Å². The van der Waals surface area contributed by atoms with Crippen molar-refractivity contribution in [2.24, 2.45) is 17.8 Å². The second-order valence-electron chi connectivity index (χ2n) is 4.36. The Bertz CT molecular complexity index is 203. The maximum absolute atomic E-state index is 5.73. The summed E-state index contributed by atoms with van der Waals surface area (Å²) in [4.78, 5) is -0.0965. The molecule has 0 heterocycles. The molecule has 0 aromatic heterocycles. The maximum atomic E-state index is 5.73. The molecule has 0 nitrogen and oxygen atoms in total. The summed E-state index contributed by atoms with van der Waals surface area (Å²) in [6.45, 7) is 0. The lowest BCUT2D eigenvalue weighted by molar-refractivity contribution is 0.491. The minimum absolute atomic E-state index is 0.0161. The Balaban J connectivity index is 1.69. The van der Waals surface area contributed by atoms with Crippen LogP contribution in [0.3, 0.4) is 0 Å². The zero-order valence-corrected chi connectivity index (χ0v) is 10.7. The molecule has 0 aliphatic heterocycles. The van der Waals surface area contributed by atoms with Crippen LogP contribution in [0.15, 0.2) is 12.2 Å². The second-order valence-corrected chi connectivity index (χ2v) is 7.50. The first-order valence-electron chi connectivity index (χ1n) is 5.22. The van der Waals surface area contributed by atoms with Gasteiger partial charge < -0.3 is 0 Å². The molecule has 2 aliphatic rings. The third kappa shape index (κ3) is 2.51. The lowest BCUT2D eigenvalue weighted by Crippen LogP contribution is -2.10. The first-order valence-corrected chi connectivity index (χ1v) is 8.09. The minimum atomic E-state index is -0.0965. The van der Waals surface area contributed by atoms with E-state index < -0.39 is 0 Å². The molecule has 1 fully saturated rings. The molecule has 0 N–H and O–H groups in total. The molecule has 2 aliphatic carbocycles. The van der Waals surface area contributed by atoms with Crippen molar-refractivity contribution < 1.29 is 0 Å². The van der Waals surface area contributed by atoms with Gasteiger partial charge in [-0.3, -0.25) is 0 Å². The van der Waals surface area contributed by atoms with Crippen molar-refractivity contribution in [2.45, 2.75) is 29.8 Å². The average Bonchev–Trinajstić information content (AvgIpc) is 2.64. The highest BCUT2D eigenvalue weighted by Crippen LogP contribution is 2.45. The fourth-order valence-electron chi connectivity index (χ4n) is 2.76. The molecule has 2 rings (SSSR count). The van der Waals surface area contributed by atoms with Gasteiger partial charge in [0.1, 0.15) is 4.84 Å². The van der Waals surface area contributed by atoms with E-state index in [1.807, 2.05) is 0 Å². The minimum Gasteiger partial charge on any atom is -0.106 e. The molecular weight excluding hydrogens is 219 g/mol. The molecule has 1 saturated carbocycles. The van der Waals surface area contributed by atoms with Gasteiger partial charge in [0.05, 0.1) is 0 Å². The number of hydrogen-bond acceptors (Lipinski definition) is 0. The molecule has 2 bridgehead atoms. The third-order valence-electron chi connectivity index (χ3n) is 3.41. The monoisotopic (exact) mass is 234 g/mol. The lowest BCUT2D eigenvalue weighted by atomic mass is 9.96. The Morgan fingerprint density at radius 2 is 2.15 bits per heavy atom. The van der Waals surface area contributed by atoms with Crippen LogP contribution in [0.25, 0.3) is 0 Å². The van der Waals surface area contributed by atoms with Gasteiger partial charge in [-0.05, 0) is 36.6 Å². The van der Waals surface area contributed by atoms with E-state index in [0.717, 1.165) is 23.8 Å². The number of rotatable bonds is 4. The molecule has 0 aromatic carbocycles. The van der Waals surface area contributed by atoms with Crippen LogP contribution in [0.2, 0.25) is 12.1 Å². The fourth-order valence-corrected chi connectivity index (χ4v) is 5.42. The molecule has 0 saturated heterocycles. The highest BCUT2D eigenvalue weighted by molar-refractivity contribution is 6.49. The Morgan fingerprint density at radius 1 is 1.31 bits per heavy atom. The van der Waals surface area contributed by atoms with Crippen LogP contribution in [0, 0.1) is 17.8 Å². The van der Waals surface area contributed by atoms with E-state index in [9.17, 15) is 0 Å². The van der Waals surface area contributed by atoms with Gasteiger partial charge in [-0.25, -0.2) is 0 Å².